The average molecular weight is 326 g/mol. The number of aliphatic hydroxyl groups is 1. The normalized spacial score (nSPS) is 17.8. The van der Waals surface area contributed by atoms with Crippen molar-refractivity contribution in [1.82, 2.24) is 14.9 Å². The Balaban J connectivity index is 1.69. The molecule has 6 heteroatoms. The maximum atomic E-state index is 12.5. The Labute approximate surface area is 141 Å². The van der Waals surface area contributed by atoms with Gasteiger partial charge in [-0.05, 0) is 26.7 Å². The second kappa shape index (κ2) is 6.57. The van der Waals surface area contributed by atoms with Gasteiger partial charge in [0.15, 0.2) is 5.82 Å². The summed E-state index contributed by atoms with van der Waals surface area (Å²) in [5, 5.41) is 13.0. The molecule has 0 radical (unpaired) electrons. The van der Waals surface area contributed by atoms with Gasteiger partial charge in [0.2, 0.25) is 0 Å². The van der Waals surface area contributed by atoms with E-state index >= 15 is 0 Å². The van der Waals surface area contributed by atoms with E-state index in [1.165, 1.54) is 0 Å². The highest BCUT2D eigenvalue weighted by atomic mass is 16.3. The van der Waals surface area contributed by atoms with Crippen LogP contribution in [0.3, 0.4) is 0 Å². The van der Waals surface area contributed by atoms with E-state index in [4.69, 9.17) is 0 Å². The van der Waals surface area contributed by atoms with E-state index in [0.717, 1.165) is 18.4 Å². The highest BCUT2D eigenvalue weighted by Gasteiger charge is 2.38. The molecule has 24 heavy (non-hydrogen) atoms. The molecule has 2 heterocycles. The first kappa shape index (κ1) is 16.4. The number of aromatic nitrogens is 2. The second-order valence-electron chi connectivity index (χ2n) is 6.60. The lowest BCUT2D eigenvalue weighted by molar-refractivity contribution is 0.0117. The van der Waals surface area contributed by atoms with Gasteiger partial charge in [-0.15, -0.1) is 0 Å². The summed E-state index contributed by atoms with van der Waals surface area (Å²) >= 11 is 0. The fourth-order valence-electron chi connectivity index (χ4n) is 3.07. The van der Waals surface area contributed by atoms with E-state index < -0.39 is 5.60 Å². The maximum absolute atomic E-state index is 12.5. The Morgan fingerprint density at radius 2 is 1.92 bits per heavy atom. The Morgan fingerprint density at radius 3 is 2.54 bits per heavy atom. The molecule has 0 aliphatic carbocycles. The lowest BCUT2D eigenvalue weighted by Gasteiger charge is -2.33. The van der Waals surface area contributed by atoms with Gasteiger partial charge < -0.3 is 15.3 Å². The van der Waals surface area contributed by atoms with Crippen molar-refractivity contribution < 1.29 is 9.90 Å². The molecular weight excluding hydrogens is 304 g/mol. The van der Waals surface area contributed by atoms with Crippen LogP contribution in [-0.4, -0.2) is 44.2 Å². The molecule has 3 rings (SSSR count). The molecule has 1 aliphatic rings. The summed E-state index contributed by atoms with van der Waals surface area (Å²) in [5.41, 5.74) is 0.555. The molecule has 2 aromatic rings. The quantitative estimate of drug-likeness (QED) is 0.909. The topological polar surface area (TPSA) is 78.4 Å². The lowest BCUT2D eigenvalue weighted by Crippen LogP contribution is -2.49. The molecule has 1 fully saturated rings. The van der Waals surface area contributed by atoms with Gasteiger partial charge in [0.1, 0.15) is 0 Å². The van der Waals surface area contributed by atoms with Crippen LogP contribution in [0.1, 0.15) is 26.7 Å². The van der Waals surface area contributed by atoms with Crippen LogP contribution < -0.4 is 5.32 Å². The number of rotatable bonds is 3. The zero-order chi connectivity index (χ0) is 17.2. The number of nitrogens with zero attached hydrogens (tertiary/aromatic N) is 3. The van der Waals surface area contributed by atoms with Crippen LogP contribution in [0.4, 0.5) is 10.5 Å². The van der Waals surface area contributed by atoms with Crippen molar-refractivity contribution in [3.05, 3.63) is 42.7 Å². The van der Waals surface area contributed by atoms with E-state index in [-0.39, 0.29) is 12.1 Å². The van der Waals surface area contributed by atoms with Crippen LogP contribution in [0.2, 0.25) is 0 Å². The molecule has 0 bridgehead atoms. The number of anilines is 1. The van der Waals surface area contributed by atoms with Gasteiger partial charge in [-0.3, -0.25) is 0 Å². The first-order valence-corrected chi connectivity index (χ1v) is 8.12. The monoisotopic (exact) mass is 326 g/mol. The number of amides is 2. The second-order valence-corrected chi connectivity index (χ2v) is 6.60. The first-order chi connectivity index (χ1) is 11.4. The Bertz CT molecular complexity index is 695. The van der Waals surface area contributed by atoms with Gasteiger partial charge in [-0.25, -0.2) is 14.8 Å². The molecule has 1 aromatic heterocycles. The van der Waals surface area contributed by atoms with Crippen molar-refractivity contribution in [1.29, 1.82) is 0 Å². The fraction of sp³-hybridized carbons (Fsp3) is 0.389. The predicted octanol–water partition coefficient (Wildman–Crippen LogP) is 2.91. The number of nitrogens with one attached hydrogen (secondary N) is 1. The largest absolute Gasteiger partial charge is 0.388 e. The molecule has 0 saturated carbocycles. The molecule has 1 atom stereocenters. The maximum Gasteiger partial charge on any atom is 0.322 e. The molecule has 0 spiro atoms. The summed E-state index contributed by atoms with van der Waals surface area (Å²) in [6.07, 6.45) is 4.90. The van der Waals surface area contributed by atoms with Crippen molar-refractivity contribution >= 4 is 11.7 Å². The van der Waals surface area contributed by atoms with Gasteiger partial charge in [0, 0.05) is 12.1 Å². The van der Waals surface area contributed by atoms with Crippen molar-refractivity contribution in [3.63, 3.8) is 0 Å². The Hall–Kier alpha value is -2.47. The third-order valence-corrected chi connectivity index (χ3v) is 4.26. The summed E-state index contributed by atoms with van der Waals surface area (Å²) in [5.74, 6) is 0.615. The molecular formula is C18H22N4O2. The van der Waals surface area contributed by atoms with Gasteiger partial charge in [-0.2, -0.15) is 0 Å². The number of carbonyl (C=O) groups is 1. The molecule has 1 aliphatic heterocycles. The van der Waals surface area contributed by atoms with Crippen LogP contribution in [0.15, 0.2) is 42.7 Å². The summed E-state index contributed by atoms with van der Waals surface area (Å²) in [7, 11) is 0. The summed E-state index contributed by atoms with van der Waals surface area (Å²) < 4.78 is 0. The average Bonchev–Trinajstić information content (AvgIpc) is 3.06. The highest BCUT2D eigenvalue weighted by molar-refractivity contribution is 5.89. The number of benzene rings is 1. The van der Waals surface area contributed by atoms with Crippen molar-refractivity contribution in [2.75, 3.05) is 11.9 Å². The fourth-order valence-corrected chi connectivity index (χ4v) is 3.07. The molecule has 1 aromatic carbocycles. The van der Waals surface area contributed by atoms with Crippen LogP contribution in [0, 0.1) is 0 Å². The highest BCUT2D eigenvalue weighted by Crippen LogP contribution is 2.27. The van der Waals surface area contributed by atoms with Gasteiger partial charge in [-0.1, -0.05) is 30.3 Å². The molecule has 1 unspecified atom stereocenters. The smallest absolute Gasteiger partial charge is 0.322 e. The lowest BCUT2D eigenvalue weighted by atomic mass is 9.97. The molecule has 126 valence electrons. The standard InChI is InChI=1S/C18H22N4O2/c1-18(2,24)15-9-6-10-22(15)17(23)21-14-11-19-16(20-12-14)13-7-4-3-5-8-13/h3-5,7-8,11-12,15,24H,6,9-10H2,1-2H3,(H,21,23). The van der Waals surface area contributed by atoms with Crippen molar-refractivity contribution in [2.24, 2.45) is 0 Å². The minimum atomic E-state index is -0.915. The molecule has 2 N–H and O–H groups in total. The van der Waals surface area contributed by atoms with Gasteiger partial charge >= 0.3 is 6.03 Å². The van der Waals surface area contributed by atoms with Crippen molar-refractivity contribution in [2.45, 2.75) is 38.3 Å². The first-order valence-electron chi connectivity index (χ1n) is 8.12. The van der Waals surface area contributed by atoms with E-state index in [2.05, 4.69) is 15.3 Å². The summed E-state index contributed by atoms with van der Waals surface area (Å²) in [6, 6.07) is 9.26. The van der Waals surface area contributed by atoms with E-state index in [1.807, 2.05) is 30.3 Å². The minimum Gasteiger partial charge on any atom is -0.388 e. The van der Waals surface area contributed by atoms with E-state index in [1.54, 1.807) is 31.1 Å². The minimum absolute atomic E-state index is 0.179. The Morgan fingerprint density at radius 1 is 1.25 bits per heavy atom. The van der Waals surface area contributed by atoms with E-state index in [0.29, 0.717) is 18.1 Å². The molecule has 1 saturated heterocycles. The number of carbonyl (C=O) groups excluding carboxylic acids is 1. The summed E-state index contributed by atoms with van der Waals surface area (Å²) in [4.78, 5) is 22.8. The van der Waals surface area contributed by atoms with Crippen LogP contribution in [0.25, 0.3) is 11.4 Å². The molecule has 6 nitrogen and oxygen atoms in total. The Kier molecular flexibility index (Phi) is 4.49. The predicted molar refractivity (Wildman–Crippen MR) is 92.5 cm³/mol. The number of likely N-dealkylation sites (tertiary alicyclic amines) is 1. The van der Waals surface area contributed by atoms with Gasteiger partial charge in [0.05, 0.1) is 29.7 Å². The van der Waals surface area contributed by atoms with Crippen LogP contribution >= 0.6 is 0 Å². The van der Waals surface area contributed by atoms with Crippen LogP contribution in [-0.2, 0) is 0 Å². The number of hydrogen-bond donors (Lipinski definition) is 2. The van der Waals surface area contributed by atoms with Gasteiger partial charge in [0.25, 0.3) is 0 Å². The zero-order valence-electron chi connectivity index (χ0n) is 13.9. The third-order valence-electron chi connectivity index (χ3n) is 4.26. The molecule has 2 amide bonds. The summed E-state index contributed by atoms with van der Waals surface area (Å²) in [6.45, 7) is 4.12. The SMILES string of the molecule is CC(C)(O)C1CCCN1C(=O)Nc1cnc(-c2ccccc2)nc1. The van der Waals surface area contributed by atoms with Crippen LogP contribution in [0.5, 0.6) is 0 Å². The third kappa shape index (κ3) is 3.54. The number of urea groups is 1. The van der Waals surface area contributed by atoms with Crippen molar-refractivity contribution in [3.8, 4) is 11.4 Å². The van der Waals surface area contributed by atoms with E-state index in [9.17, 15) is 9.90 Å². The zero-order valence-corrected chi connectivity index (χ0v) is 13.9. The number of hydrogen-bond acceptors (Lipinski definition) is 4.